The molecule has 0 unspecified atom stereocenters. The number of pyridine rings is 1. The number of carbonyl (C=O) groups is 1. The molecule has 0 bridgehead atoms. The van der Waals surface area contributed by atoms with Crippen LogP contribution in [0.3, 0.4) is 0 Å². The number of aromatic nitrogens is 1. The molecule has 4 nitrogen and oxygen atoms in total. The Balaban J connectivity index is 1.98. The largest absolute Gasteiger partial charge is 0.381 e. The average molecular weight is 313 g/mol. The van der Waals surface area contributed by atoms with Crippen LogP contribution in [0.15, 0.2) is 22.8 Å². The number of hydrogen-bond acceptors (Lipinski definition) is 3. The highest BCUT2D eigenvalue weighted by molar-refractivity contribution is 9.10. The van der Waals surface area contributed by atoms with Crippen LogP contribution in [0.2, 0.25) is 0 Å². The first-order valence-electron chi connectivity index (χ1n) is 6.12. The van der Waals surface area contributed by atoms with Crippen molar-refractivity contribution in [1.29, 1.82) is 0 Å². The van der Waals surface area contributed by atoms with Crippen LogP contribution >= 0.6 is 15.9 Å². The molecule has 1 fully saturated rings. The predicted molar refractivity (Wildman–Crippen MR) is 72.4 cm³/mol. The number of nitrogens with zero attached hydrogens (tertiary/aromatic N) is 2. The minimum absolute atomic E-state index is 0.0334. The predicted octanol–water partition coefficient (Wildman–Crippen LogP) is 2.34. The van der Waals surface area contributed by atoms with E-state index in [1.54, 1.807) is 17.2 Å². The first-order chi connectivity index (χ1) is 8.68. The summed E-state index contributed by atoms with van der Waals surface area (Å²) >= 11 is 3.36. The van der Waals surface area contributed by atoms with Gasteiger partial charge in [0, 0.05) is 37.5 Å². The lowest BCUT2D eigenvalue weighted by Crippen LogP contribution is -2.34. The molecule has 0 aliphatic carbocycles. The van der Waals surface area contributed by atoms with Crippen LogP contribution in [0.1, 0.15) is 23.3 Å². The van der Waals surface area contributed by atoms with Crippen molar-refractivity contribution in [1.82, 2.24) is 9.88 Å². The van der Waals surface area contributed by atoms with Crippen LogP contribution in [0.5, 0.6) is 0 Å². The van der Waals surface area contributed by atoms with Crippen LogP contribution in [-0.2, 0) is 4.74 Å². The van der Waals surface area contributed by atoms with E-state index < -0.39 is 0 Å². The van der Waals surface area contributed by atoms with Crippen molar-refractivity contribution in [2.24, 2.45) is 5.92 Å². The molecule has 0 saturated carbocycles. The molecule has 0 aromatic carbocycles. The van der Waals surface area contributed by atoms with Gasteiger partial charge in [-0.05, 0) is 46.8 Å². The monoisotopic (exact) mass is 312 g/mol. The highest BCUT2D eigenvalue weighted by Crippen LogP contribution is 2.18. The Hall–Kier alpha value is -0.940. The molecule has 2 rings (SSSR count). The van der Waals surface area contributed by atoms with Crippen LogP contribution in [0.4, 0.5) is 0 Å². The minimum Gasteiger partial charge on any atom is -0.381 e. The zero-order valence-corrected chi connectivity index (χ0v) is 12.0. The Bertz CT molecular complexity index is 419. The summed E-state index contributed by atoms with van der Waals surface area (Å²) in [4.78, 5) is 18.1. The summed E-state index contributed by atoms with van der Waals surface area (Å²) in [5.74, 6) is 0.504. The van der Waals surface area contributed by atoms with E-state index in [4.69, 9.17) is 4.74 Å². The fourth-order valence-corrected chi connectivity index (χ4v) is 2.55. The van der Waals surface area contributed by atoms with Crippen molar-refractivity contribution in [2.75, 3.05) is 26.8 Å². The molecule has 2 heterocycles. The van der Waals surface area contributed by atoms with Crippen molar-refractivity contribution in [3.05, 3.63) is 28.5 Å². The van der Waals surface area contributed by atoms with Gasteiger partial charge >= 0.3 is 0 Å². The van der Waals surface area contributed by atoms with E-state index in [0.29, 0.717) is 11.6 Å². The van der Waals surface area contributed by atoms with E-state index in [1.807, 2.05) is 13.1 Å². The number of carbonyl (C=O) groups excluding carboxylic acids is 1. The van der Waals surface area contributed by atoms with E-state index in [1.165, 1.54) is 0 Å². The fraction of sp³-hybridized carbons (Fsp3) is 0.538. The third-order valence-electron chi connectivity index (χ3n) is 3.18. The zero-order valence-electron chi connectivity index (χ0n) is 10.4. The van der Waals surface area contributed by atoms with Crippen LogP contribution < -0.4 is 0 Å². The maximum atomic E-state index is 12.2. The van der Waals surface area contributed by atoms with Gasteiger partial charge < -0.3 is 9.64 Å². The van der Waals surface area contributed by atoms with Gasteiger partial charge in [0.2, 0.25) is 0 Å². The Morgan fingerprint density at radius 2 is 2.28 bits per heavy atom. The molecule has 0 N–H and O–H groups in total. The maximum Gasteiger partial charge on any atom is 0.273 e. The van der Waals surface area contributed by atoms with Gasteiger partial charge in [-0.25, -0.2) is 4.98 Å². The lowest BCUT2D eigenvalue weighted by Gasteiger charge is -2.27. The average Bonchev–Trinajstić information content (AvgIpc) is 2.39. The van der Waals surface area contributed by atoms with Gasteiger partial charge in [-0.15, -0.1) is 0 Å². The molecule has 1 aromatic heterocycles. The van der Waals surface area contributed by atoms with E-state index >= 15 is 0 Å². The van der Waals surface area contributed by atoms with Gasteiger partial charge in [0.1, 0.15) is 5.69 Å². The number of amides is 1. The van der Waals surface area contributed by atoms with E-state index in [0.717, 1.165) is 37.1 Å². The second-order valence-corrected chi connectivity index (χ2v) is 5.43. The van der Waals surface area contributed by atoms with E-state index in [2.05, 4.69) is 20.9 Å². The van der Waals surface area contributed by atoms with Gasteiger partial charge in [-0.1, -0.05) is 0 Å². The number of hydrogen-bond donors (Lipinski definition) is 0. The lowest BCUT2D eigenvalue weighted by molar-refractivity contribution is 0.0495. The summed E-state index contributed by atoms with van der Waals surface area (Å²) in [6.07, 6.45) is 3.70. The van der Waals surface area contributed by atoms with Gasteiger partial charge in [0.15, 0.2) is 0 Å². The Labute approximate surface area is 115 Å². The molecule has 1 aliphatic rings. The van der Waals surface area contributed by atoms with Crippen molar-refractivity contribution in [2.45, 2.75) is 12.8 Å². The van der Waals surface area contributed by atoms with Gasteiger partial charge in [0.25, 0.3) is 5.91 Å². The van der Waals surface area contributed by atoms with Crippen LogP contribution in [0.25, 0.3) is 0 Å². The Morgan fingerprint density at radius 3 is 2.94 bits per heavy atom. The van der Waals surface area contributed by atoms with Crippen LogP contribution in [0, 0.1) is 5.92 Å². The summed E-state index contributed by atoms with van der Waals surface area (Å²) in [5, 5.41) is 0. The van der Waals surface area contributed by atoms with Crippen LogP contribution in [-0.4, -0.2) is 42.6 Å². The molecule has 1 aliphatic heterocycles. The Kier molecular flexibility index (Phi) is 4.72. The lowest BCUT2D eigenvalue weighted by atomic mass is 10.00. The zero-order chi connectivity index (χ0) is 13.0. The summed E-state index contributed by atoms with van der Waals surface area (Å²) in [6.45, 7) is 2.38. The normalized spacial score (nSPS) is 16.6. The van der Waals surface area contributed by atoms with E-state index in [9.17, 15) is 4.79 Å². The summed E-state index contributed by atoms with van der Waals surface area (Å²) < 4.78 is 6.07. The smallest absolute Gasteiger partial charge is 0.273 e. The standard InChI is InChI=1S/C13H17BrN2O2/c1-16(9-10-4-7-18-8-5-10)13(17)12-11(14)3-2-6-15-12/h2-3,6,10H,4-5,7-9H2,1H3. The van der Waals surface area contributed by atoms with Crippen molar-refractivity contribution in [3.63, 3.8) is 0 Å². The molecule has 98 valence electrons. The quantitative estimate of drug-likeness (QED) is 0.860. The molecular formula is C13H17BrN2O2. The molecule has 0 atom stereocenters. The third-order valence-corrected chi connectivity index (χ3v) is 3.82. The molecule has 1 amide bonds. The van der Waals surface area contributed by atoms with Gasteiger partial charge in [-0.3, -0.25) is 4.79 Å². The topological polar surface area (TPSA) is 42.4 Å². The van der Waals surface area contributed by atoms with E-state index in [-0.39, 0.29) is 5.91 Å². The second-order valence-electron chi connectivity index (χ2n) is 4.58. The second kappa shape index (κ2) is 6.29. The van der Waals surface area contributed by atoms with Crippen molar-refractivity contribution in [3.8, 4) is 0 Å². The molecule has 1 aromatic rings. The van der Waals surface area contributed by atoms with Crippen molar-refractivity contribution >= 4 is 21.8 Å². The SMILES string of the molecule is CN(CC1CCOCC1)C(=O)c1ncccc1Br. The number of ether oxygens (including phenoxy) is 1. The minimum atomic E-state index is -0.0334. The highest BCUT2D eigenvalue weighted by Gasteiger charge is 2.21. The molecule has 0 radical (unpaired) electrons. The third kappa shape index (κ3) is 3.29. The summed E-state index contributed by atoms with van der Waals surface area (Å²) in [6, 6.07) is 3.64. The fourth-order valence-electron chi connectivity index (χ4n) is 2.12. The van der Waals surface area contributed by atoms with Gasteiger partial charge in [-0.2, -0.15) is 0 Å². The first-order valence-corrected chi connectivity index (χ1v) is 6.91. The number of halogens is 1. The first kappa shape index (κ1) is 13.5. The molecule has 0 spiro atoms. The van der Waals surface area contributed by atoms with Crippen molar-refractivity contribution < 1.29 is 9.53 Å². The molecular weight excluding hydrogens is 296 g/mol. The molecule has 18 heavy (non-hydrogen) atoms. The summed E-state index contributed by atoms with van der Waals surface area (Å²) in [5.41, 5.74) is 0.479. The van der Waals surface area contributed by atoms with Gasteiger partial charge in [0.05, 0.1) is 0 Å². The molecule has 5 heteroatoms. The Morgan fingerprint density at radius 1 is 1.56 bits per heavy atom. The number of rotatable bonds is 3. The highest BCUT2D eigenvalue weighted by atomic mass is 79.9. The molecule has 1 saturated heterocycles. The maximum absolute atomic E-state index is 12.2. The summed E-state index contributed by atoms with van der Waals surface area (Å²) in [7, 11) is 1.83.